The van der Waals surface area contributed by atoms with E-state index in [2.05, 4.69) is 53.1 Å². The van der Waals surface area contributed by atoms with Gasteiger partial charge < -0.3 is 10.6 Å². The zero-order chi connectivity index (χ0) is 10.8. The van der Waals surface area contributed by atoms with Gasteiger partial charge in [-0.2, -0.15) is 0 Å². The molecule has 1 fully saturated rings. The van der Waals surface area contributed by atoms with Gasteiger partial charge in [0.2, 0.25) is 0 Å². The number of hydrogen-bond donors (Lipinski definition) is 2. The number of hydrogen-bond acceptors (Lipinski definition) is 2. The maximum Gasteiger partial charge on any atom is 0.0453 e. The third-order valence-corrected chi connectivity index (χ3v) is 3.24. The monoisotopic (exact) mass is 248 g/mol. The van der Waals surface area contributed by atoms with Gasteiger partial charge in [0.1, 0.15) is 0 Å². The zero-order valence-electron chi connectivity index (χ0n) is 9.65. The van der Waals surface area contributed by atoms with Crippen molar-refractivity contribution >= 4 is 23.2 Å². The van der Waals surface area contributed by atoms with Crippen LogP contribution in [0.3, 0.4) is 0 Å². The Hall–Kier alpha value is -1.09. The predicted octanol–water partition coefficient (Wildman–Crippen LogP) is 2.50. The molecule has 1 atom stereocenters. The van der Waals surface area contributed by atoms with Gasteiger partial charge in [0.15, 0.2) is 0 Å². The lowest BCUT2D eigenvalue weighted by molar-refractivity contribution is 0.432. The molecule has 1 aliphatic heterocycles. The summed E-state index contributed by atoms with van der Waals surface area (Å²) >= 11 is 0. The van der Waals surface area contributed by atoms with Crippen molar-refractivity contribution in [1.82, 2.24) is 10.6 Å². The second-order valence-electron chi connectivity index (χ2n) is 4.28. The second-order valence-corrected chi connectivity index (χ2v) is 4.28. The summed E-state index contributed by atoms with van der Waals surface area (Å²) in [5.41, 5.74) is 1.41. The maximum atomic E-state index is 3.57. The number of halogens is 1. The molecule has 90 valence electrons. The molecule has 0 spiro atoms. The van der Waals surface area contributed by atoms with Gasteiger partial charge in [-0.3, -0.25) is 0 Å². The smallest absolute Gasteiger partial charge is 0.0453 e. The lowest BCUT2D eigenvalue weighted by Crippen LogP contribution is -2.42. The molecule has 1 heterocycles. The first kappa shape index (κ1) is 12.4. The maximum absolute atomic E-state index is 3.57. The molecule has 2 aromatic rings. The van der Waals surface area contributed by atoms with Crippen LogP contribution in [0.25, 0.3) is 10.8 Å². The summed E-state index contributed by atoms with van der Waals surface area (Å²) < 4.78 is 0. The summed E-state index contributed by atoms with van der Waals surface area (Å²) in [7, 11) is 0. The lowest BCUT2D eigenvalue weighted by Gasteiger charge is -2.26. The Balaban J connectivity index is 0.00000108. The lowest BCUT2D eigenvalue weighted by atomic mass is 9.98. The fourth-order valence-electron chi connectivity index (χ4n) is 2.43. The van der Waals surface area contributed by atoms with Gasteiger partial charge >= 0.3 is 0 Å². The van der Waals surface area contributed by atoms with Crippen LogP contribution in [0.4, 0.5) is 0 Å². The summed E-state index contributed by atoms with van der Waals surface area (Å²) in [5, 5.41) is 9.69. The van der Waals surface area contributed by atoms with E-state index in [0.29, 0.717) is 6.04 Å². The molecule has 17 heavy (non-hydrogen) atoms. The highest BCUT2D eigenvalue weighted by atomic mass is 35.5. The molecule has 3 rings (SSSR count). The number of fused-ring (bicyclic) bond motifs is 1. The summed E-state index contributed by atoms with van der Waals surface area (Å²) in [6, 6.07) is 15.6. The summed E-state index contributed by atoms with van der Waals surface area (Å²) in [5.74, 6) is 0. The second kappa shape index (κ2) is 5.50. The van der Waals surface area contributed by atoms with Crippen LogP contribution >= 0.6 is 12.4 Å². The molecule has 2 nitrogen and oxygen atoms in total. The van der Waals surface area contributed by atoms with Crippen LogP contribution in [-0.4, -0.2) is 19.6 Å². The van der Waals surface area contributed by atoms with Gasteiger partial charge in [0.25, 0.3) is 0 Å². The standard InChI is InChI=1S/C14H16N2.ClH/c1-2-6-12-11(4-1)5-3-7-13(12)14-10-15-8-9-16-14;/h1-7,14-16H,8-10H2;1H. The van der Waals surface area contributed by atoms with Crippen molar-refractivity contribution in [3.05, 3.63) is 48.0 Å². The molecule has 1 saturated heterocycles. The highest BCUT2D eigenvalue weighted by Crippen LogP contribution is 2.24. The minimum absolute atomic E-state index is 0. The Morgan fingerprint density at radius 1 is 0.941 bits per heavy atom. The predicted molar refractivity (Wildman–Crippen MR) is 74.8 cm³/mol. The first-order valence-corrected chi connectivity index (χ1v) is 5.87. The summed E-state index contributed by atoms with van der Waals surface area (Å²) in [6.07, 6.45) is 0. The van der Waals surface area contributed by atoms with E-state index in [4.69, 9.17) is 0 Å². The van der Waals surface area contributed by atoms with E-state index in [-0.39, 0.29) is 12.4 Å². The first-order valence-electron chi connectivity index (χ1n) is 5.87. The average molecular weight is 249 g/mol. The van der Waals surface area contributed by atoms with E-state index in [0.717, 1.165) is 19.6 Å². The van der Waals surface area contributed by atoms with Crippen LogP contribution in [0.5, 0.6) is 0 Å². The highest BCUT2D eigenvalue weighted by molar-refractivity contribution is 5.86. The Labute approximate surface area is 108 Å². The van der Waals surface area contributed by atoms with Crippen LogP contribution < -0.4 is 10.6 Å². The van der Waals surface area contributed by atoms with Gasteiger partial charge in [0.05, 0.1) is 0 Å². The quantitative estimate of drug-likeness (QED) is 0.810. The molecule has 1 unspecified atom stereocenters. The van der Waals surface area contributed by atoms with Crippen LogP contribution in [0, 0.1) is 0 Å². The van der Waals surface area contributed by atoms with Gasteiger partial charge in [-0.15, -0.1) is 12.4 Å². The summed E-state index contributed by atoms with van der Waals surface area (Å²) in [4.78, 5) is 0. The van der Waals surface area contributed by atoms with Gasteiger partial charge in [0, 0.05) is 25.7 Å². The van der Waals surface area contributed by atoms with E-state index in [1.54, 1.807) is 0 Å². The van der Waals surface area contributed by atoms with E-state index in [1.165, 1.54) is 16.3 Å². The van der Waals surface area contributed by atoms with Crippen molar-refractivity contribution in [2.45, 2.75) is 6.04 Å². The van der Waals surface area contributed by atoms with Crippen molar-refractivity contribution in [2.24, 2.45) is 0 Å². The SMILES string of the molecule is Cl.c1ccc2c(C3CNCCN3)cccc2c1. The topological polar surface area (TPSA) is 24.1 Å². The molecule has 0 bridgehead atoms. The molecule has 2 N–H and O–H groups in total. The Kier molecular flexibility index (Phi) is 4.00. The van der Waals surface area contributed by atoms with Crippen molar-refractivity contribution in [2.75, 3.05) is 19.6 Å². The Bertz CT molecular complexity index is 487. The molecular formula is C14H17ClN2. The molecule has 1 aliphatic rings. The molecule has 0 amide bonds. The Morgan fingerprint density at radius 3 is 2.59 bits per heavy atom. The van der Waals surface area contributed by atoms with Crippen LogP contribution in [0.15, 0.2) is 42.5 Å². The molecular weight excluding hydrogens is 232 g/mol. The van der Waals surface area contributed by atoms with Crippen molar-refractivity contribution in [3.63, 3.8) is 0 Å². The van der Waals surface area contributed by atoms with Crippen LogP contribution in [0.2, 0.25) is 0 Å². The summed E-state index contributed by atoms with van der Waals surface area (Å²) in [6.45, 7) is 3.14. The fourth-order valence-corrected chi connectivity index (χ4v) is 2.43. The molecule has 0 aromatic heterocycles. The normalized spacial score (nSPS) is 19.9. The zero-order valence-corrected chi connectivity index (χ0v) is 10.5. The number of piperazine rings is 1. The van der Waals surface area contributed by atoms with Crippen molar-refractivity contribution < 1.29 is 0 Å². The van der Waals surface area contributed by atoms with E-state index in [1.807, 2.05) is 0 Å². The van der Waals surface area contributed by atoms with E-state index < -0.39 is 0 Å². The average Bonchev–Trinajstić information content (AvgIpc) is 2.39. The van der Waals surface area contributed by atoms with E-state index in [9.17, 15) is 0 Å². The molecule has 0 aliphatic carbocycles. The molecule has 0 saturated carbocycles. The van der Waals surface area contributed by atoms with Gasteiger partial charge in [-0.1, -0.05) is 42.5 Å². The highest BCUT2D eigenvalue weighted by Gasteiger charge is 2.15. The van der Waals surface area contributed by atoms with Crippen LogP contribution in [-0.2, 0) is 0 Å². The minimum atomic E-state index is 0. The fraction of sp³-hybridized carbons (Fsp3) is 0.286. The number of nitrogens with one attached hydrogen (secondary N) is 2. The van der Waals surface area contributed by atoms with Crippen molar-refractivity contribution in [3.8, 4) is 0 Å². The Morgan fingerprint density at radius 2 is 1.76 bits per heavy atom. The minimum Gasteiger partial charge on any atom is -0.314 e. The third-order valence-electron chi connectivity index (χ3n) is 3.24. The van der Waals surface area contributed by atoms with Crippen LogP contribution in [0.1, 0.15) is 11.6 Å². The number of rotatable bonds is 1. The largest absolute Gasteiger partial charge is 0.314 e. The molecule has 2 aromatic carbocycles. The molecule has 0 radical (unpaired) electrons. The van der Waals surface area contributed by atoms with Crippen molar-refractivity contribution in [1.29, 1.82) is 0 Å². The van der Waals surface area contributed by atoms with Gasteiger partial charge in [-0.05, 0) is 16.3 Å². The van der Waals surface area contributed by atoms with Gasteiger partial charge in [-0.25, -0.2) is 0 Å². The first-order chi connectivity index (χ1) is 7.95. The third kappa shape index (κ3) is 2.44. The molecule has 3 heteroatoms. The number of benzene rings is 2. The van der Waals surface area contributed by atoms with E-state index >= 15 is 0 Å².